The smallest absolute Gasteiger partial charge is 0.233 e. The number of hydrogen-bond acceptors (Lipinski definition) is 3. The molecule has 0 aromatic rings. The molecule has 2 aliphatic rings. The molecule has 7 heteroatoms. The van der Waals surface area contributed by atoms with E-state index in [1.54, 1.807) is 7.05 Å². The van der Waals surface area contributed by atoms with E-state index in [9.17, 15) is 4.79 Å². The van der Waals surface area contributed by atoms with E-state index in [1.165, 1.54) is 19.3 Å². The Morgan fingerprint density at radius 3 is 2.14 bits per heavy atom. The lowest BCUT2D eigenvalue weighted by Gasteiger charge is -2.34. The molecule has 2 fully saturated rings. The summed E-state index contributed by atoms with van der Waals surface area (Å²) in [5.41, 5.74) is 0. The number of halogens is 1. The summed E-state index contributed by atoms with van der Waals surface area (Å²) in [6.07, 6.45) is 5.95. The van der Waals surface area contributed by atoms with Gasteiger partial charge in [-0.2, -0.15) is 0 Å². The second-order valence-corrected chi connectivity index (χ2v) is 5.71. The van der Waals surface area contributed by atoms with Gasteiger partial charge in [-0.1, -0.05) is 0 Å². The van der Waals surface area contributed by atoms with E-state index >= 15 is 0 Å². The van der Waals surface area contributed by atoms with Crippen molar-refractivity contribution in [2.45, 2.75) is 44.2 Å². The summed E-state index contributed by atoms with van der Waals surface area (Å²) in [5, 5.41) is 9.64. The van der Waals surface area contributed by atoms with Crippen molar-refractivity contribution in [3.05, 3.63) is 0 Å². The molecular weight excluding hydrogens is 381 g/mol. The highest BCUT2D eigenvalue weighted by Gasteiger charge is 2.23. The minimum atomic E-state index is 0. The number of likely N-dealkylation sites (tertiary alicyclic amines) is 1. The van der Waals surface area contributed by atoms with Gasteiger partial charge in [-0.25, -0.2) is 0 Å². The highest BCUT2D eigenvalue weighted by atomic mass is 127. The van der Waals surface area contributed by atoms with Gasteiger partial charge in [0.2, 0.25) is 5.91 Å². The third-order valence-electron chi connectivity index (χ3n) is 4.24. The fourth-order valence-corrected chi connectivity index (χ4v) is 2.63. The van der Waals surface area contributed by atoms with Crippen LogP contribution in [0.4, 0.5) is 0 Å². The Bertz CT molecular complexity index is 351. The first-order chi connectivity index (χ1) is 9.71. The molecule has 0 atom stereocenters. The standard InChI is InChI=1S/C14H27N5O.HI/c1-15-13(20)10-19-8-6-12(7-9-19)18-14(16-2)17-11-4-3-5-11;/h11-12H,3-10H2,1-2H3,(H,15,20)(H2,16,17,18);1H. The zero-order chi connectivity index (χ0) is 14.4. The predicted octanol–water partition coefficient (Wildman–Crippen LogP) is 0.532. The minimum absolute atomic E-state index is 0. The predicted molar refractivity (Wildman–Crippen MR) is 96.2 cm³/mol. The fourth-order valence-electron chi connectivity index (χ4n) is 2.63. The van der Waals surface area contributed by atoms with Crippen molar-refractivity contribution in [3.8, 4) is 0 Å². The van der Waals surface area contributed by atoms with Gasteiger partial charge in [0, 0.05) is 39.3 Å². The van der Waals surface area contributed by atoms with Gasteiger partial charge < -0.3 is 16.0 Å². The van der Waals surface area contributed by atoms with E-state index in [-0.39, 0.29) is 29.9 Å². The molecule has 21 heavy (non-hydrogen) atoms. The summed E-state index contributed by atoms with van der Waals surface area (Å²) in [7, 11) is 3.52. The highest BCUT2D eigenvalue weighted by molar-refractivity contribution is 14.0. The van der Waals surface area contributed by atoms with Crippen LogP contribution in [0.2, 0.25) is 0 Å². The van der Waals surface area contributed by atoms with E-state index < -0.39 is 0 Å². The topological polar surface area (TPSA) is 68.8 Å². The van der Waals surface area contributed by atoms with Crippen molar-refractivity contribution in [1.82, 2.24) is 20.9 Å². The fraction of sp³-hybridized carbons (Fsp3) is 0.857. The van der Waals surface area contributed by atoms with Crippen LogP contribution in [-0.4, -0.2) is 62.6 Å². The number of nitrogens with zero attached hydrogens (tertiary/aromatic N) is 2. The molecule has 3 N–H and O–H groups in total. The van der Waals surface area contributed by atoms with Gasteiger partial charge in [0.1, 0.15) is 0 Å². The number of nitrogens with one attached hydrogen (secondary N) is 3. The van der Waals surface area contributed by atoms with E-state index in [1.807, 2.05) is 7.05 Å². The molecule has 0 aromatic carbocycles. The summed E-state index contributed by atoms with van der Waals surface area (Å²) in [6, 6.07) is 1.07. The zero-order valence-corrected chi connectivity index (χ0v) is 15.4. The normalized spacial score (nSPS) is 21.1. The maximum atomic E-state index is 11.3. The van der Waals surface area contributed by atoms with E-state index in [0.29, 0.717) is 18.6 Å². The van der Waals surface area contributed by atoms with Crippen LogP contribution in [0.1, 0.15) is 32.1 Å². The summed E-state index contributed by atoms with van der Waals surface area (Å²) in [4.78, 5) is 17.9. The number of likely N-dealkylation sites (N-methyl/N-ethyl adjacent to an activating group) is 1. The van der Waals surface area contributed by atoms with E-state index in [0.717, 1.165) is 31.9 Å². The Hall–Kier alpha value is -0.570. The van der Waals surface area contributed by atoms with Crippen LogP contribution >= 0.6 is 24.0 Å². The van der Waals surface area contributed by atoms with Crippen LogP contribution in [0.3, 0.4) is 0 Å². The Morgan fingerprint density at radius 1 is 1.14 bits per heavy atom. The Balaban J connectivity index is 0.00000220. The summed E-state index contributed by atoms with van der Waals surface area (Å²) < 4.78 is 0. The molecule has 1 aliphatic heterocycles. The Morgan fingerprint density at radius 2 is 1.71 bits per heavy atom. The maximum absolute atomic E-state index is 11.3. The van der Waals surface area contributed by atoms with E-state index in [2.05, 4.69) is 25.8 Å². The molecule has 0 bridgehead atoms. The van der Waals surface area contributed by atoms with Gasteiger partial charge >= 0.3 is 0 Å². The molecule has 0 spiro atoms. The lowest BCUT2D eigenvalue weighted by Crippen LogP contribution is -2.52. The van der Waals surface area contributed by atoms with Gasteiger partial charge in [-0.05, 0) is 32.1 Å². The first kappa shape index (κ1) is 18.5. The van der Waals surface area contributed by atoms with Gasteiger partial charge in [-0.3, -0.25) is 14.7 Å². The lowest BCUT2D eigenvalue weighted by molar-refractivity contribution is -0.122. The average molecular weight is 409 g/mol. The third-order valence-corrected chi connectivity index (χ3v) is 4.24. The number of rotatable bonds is 4. The van der Waals surface area contributed by atoms with Gasteiger partial charge in [-0.15, -0.1) is 24.0 Å². The van der Waals surface area contributed by atoms with Crippen molar-refractivity contribution in [2.24, 2.45) is 4.99 Å². The summed E-state index contributed by atoms with van der Waals surface area (Å²) >= 11 is 0. The maximum Gasteiger partial charge on any atom is 0.233 e. The molecule has 0 radical (unpaired) electrons. The highest BCUT2D eigenvalue weighted by Crippen LogP contribution is 2.18. The van der Waals surface area contributed by atoms with Crippen molar-refractivity contribution in [2.75, 3.05) is 33.7 Å². The van der Waals surface area contributed by atoms with Crippen molar-refractivity contribution in [3.63, 3.8) is 0 Å². The quantitative estimate of drug-likeness (QED) is 0.360. The monoisotopic (exact) mass is 409 g/mol. The first-order valence-electron chi connectivity index (χ1n) is 7.64. The molecule has 0 aromatic heterocycles. The van der Waals surface area contributed by atoms with Crippen LogP contribution in [0.5, 0.6) is 0 Å². The molecule has 1 saturated heterocycles. The number of hydrogen-bond donors (Lipinski definition) is 3. The van der Waals surface area contributed by atoms with Gasteiger partial charge in [0.05, 0.1) is 6.54 Å². The SMILES string of the molecule is CN=C(NC1CCC1)NC1CCN(CC(=O)NC)CC1.I. The number of carbonyl (C=O) groups is 1. The second kappa shape index (κ2) is 9.45. The van der Waals surface area contributed by atoms with Crippen LogP contribution in [0, 0.1) is 0 Å². The molecule has 1 aliphatic carbocycles. The molecular formula is C14H28IN5O. The van der Waals surface area contributed by atoms with Crippen molar-refractivity contribution < 1.29 is 4.79 Å². The number of carbonyl (C=O) groups excluding carboxylic acids is 1. The average Bonchev–Trinajstić information content (AvgIpc) is 2.43. The zero-order valence-electron chi connectivity index (χ0n) is 13.0. The lowest BCUT2D eigenvalue weighted by atomic mass is 9.93. The number of guanidine groups is 1. The largest absolute Gasteiger partial charge is 0.358 e. The molecule has 0 unspecified atom stereocenters. The third kappa shape index (κ3) is 5.98. The second-order valence-electron chi connectivity index (χ2n) is 5.71. The number of amides is 1. The van der Waals surface area contributed by atoms with Gasteiger partial charge in [0.15, 0.2) is 5.96 Å². The molecule has 1 heterocycles. The molecule has 122 valence electrons. The van der Waals surface area contributed by atoms with E-state index in [4.69, 9.17) is 0 Å². The molecule has 1 amide bonds. The Labute approximate surface area is 144 Å². The van der Waals surface area contributed by atoms with Crippen LogP contribution in [0.25, 0.3) is 0 Å². The molecule has 6 nitrogen and oxygen atoms in total. The summed E-state index contributed by atoms with van der Waals surface area (Å²) in [6.45, 7) is 2.44. The Kier molecular flexibility index (Phi) is 8.31. The number of piperidine rings is 1. The minimum Gasteiger partial charge on any atom is -0.358 e. The van der Waals surface area contributed by atoms with Crippen LogP contribution in [-0.2, 0) is 4.79 Å². The van der Waals surface area contributed by atoms with Crippen molar-refractivity contribution >= 4 is 35.8 Å². The summed E-state index contributed by atoms with van der Waals surface area (Å²) in [5.74, 6) is 1.03. The number of aliphatic imine (C=N–C) groups is 1. The van der Waals surface area contributed by atoms with Gasteiger partial charge in [0.25, 0.3) is 0 Å². The van der Waals surface area contributed by atoms with Crippen LogP contribution < -0.4 is 16.0 Å². The van der Waals surface area contributed by atoms with Crippen molar-refractivity contribution in [1.29, 1.82) is 0 Å². The molecule has 2 rings (SSSR count). The molecule has 1 saturated carbocycles. The van der Waals surface area contributed by atoms with Crippen LogP contribution in [0.15, 0.2) is 4.99 Å². The first-order valence-corrected chi connectivity index (χ1v) is 7.64.